The molecule has 0 radical (unpaired) electrons. The van der Waals surface area contributed by atoms with E-state index in [1.807, 2.05) is 6.92 Å². The summed E-state index contributed by atoms with van der Waals surface area (Å²) in [4.78, 5) is 27.7. The van der Waals surface area contributed by atoms with Crippen LogP contribution >= 0.6 is 0 Å². The highest BCUT2D eigenvalue weighted by molar-refractivity contribution is 5.91. The average molecular weight is 302 g/mol. The maximum atomic E-state index is 12.1. The SMILES string of the molecule is CCCn1nc(C(=O)NCc2ccnc(OC)c2)ccc1=O. The van der Waals surface area contributed by atoms with Crippen LogP contribution in [0.25, 0.3) is 0 Å². The fourth-order valence-electron chi connectivity index (χ4n) is 1.89. The molecular weight excluding hydrogens is 284 g/mol. The van der Waals surface area contributed by atoms with E-state index in [0.717, 1.165) is 12.0 Å². The molecule has 0 bridgehead atoms. The summed E-state index contributed by atoms with van der Waals surface area (Å²) < 4.78 is 6.32. The van der Waals surface area contributed by atoms with E-state index in [9.17, 15) is 9.59 Å². The van der Waals surface area contributed by atoms with E-state index in [2.05, 4.69) is 15.4 Å². The molecule has 1 amide bonds. The molecule has 1 N–H and O–H groups in total. The summed E-state index contributed by atoms with van der Waals surface area (Å²) in [5.74, 6) is 0.155. The molecule has 0 spiro atoms. The number of hydrogen-bond acceptors (Lipinski definition) is 5. The van der Waals surface area contributed by atoms with E-state index in [1.165, 1.54) is 23.9 Å². The largest absolute Gasteiger partial charge is 0.481 e. The van der Waals surface area contributed by atoms with Gasteiger partial charge in [-0.3, -0.25) is 9.59 Å². The third-order valence-electron chi connectivity index (χ3n) is 3.00. The number of hydrogen-bond donors (Lipinski definition) is 1. The standard InChI is InChI=1S/C15H18N4O3/c1-3-8-19-14(20)5-4-12(18-19)15(21)17-10-11-6-7-16-13(9-11)22-2/h4-7,9H,3,8,10H2,1-2H3,(H,17,21). The van der Waals surface area contributed by atoms with Gasteiger partial charge in [-0.2, -0.15) is 5.10 Å². The number of aryl methyl sites for hydroxylation is 1. The molecule has 0 saturated heterocycles. The fourth-order valence-corrected chi connectivity index (χ4v) is 1.89. The van der Waals surface area contributed by atoms with Crippen molar-refractivity contribution in [3.8, 4) is 5.88 Å². The first-order chi connectivity index (χ1) is 10.6. The van der Waals surface area contributed by atoms with Crippen LogP contribution in [0.2, 0.25) is 0 Å². The van der Waals surface area contributed by atoms with Crippen molar-refractivity contribution in [2.45, 2.75) is 26.4 Å². The van der Waals surface area contributed by atoms with E-state index in [0.29, 0.717) is 19.0 Å². The number of amides is 1. The quantitative estimate of drug-likeness (QED) is 0.860. The minimum Gasteiger partial charge on any atom is -0.481 e. The van der Waals surface area contributed by atoms with Gasteiger partial charge < -0.3 is 10.1 Å². The topological polar surface area (TPSA) is 86.1 Å². The zero-order chi connectivity index (χ0) is 15.9. The van der Waals surface area contributed by atoms with Gasteiger partial charge in [0.15, 0.2) is 0 Å². The third-order valence-corrected chi connectivity index (χ3v) is 3.00. The van der Waals surface area contributed by atoms with Gasteiger partial charge in [0, 0.05) is 31.4 Å². The molecule has 7 heteroatoms. The Morgan fingerprint density at radius 1 is 1.36 bits per heavy atom. The highest BCUT2D eigenvalue weighted by Gasteiger charge is 2.09. The van der Waals surface area contributed by atoms with Gasteiger partial charge in [0.1, 0.15) is 5.69 Å². The Bertz CT molecular complexity index is 712. The Kier molecular flexibility index (Phi) is 5.24. The van der Waals surface area contributed by atoms with E-state index in [4.69, 9.17) is 4.74 Å². The zero-order valence-electron chi connectivity index (χ0n) is 12.6. The average Bonchev–Trinajstić information content (AvgIpc) is 2.55. The van der Waals surface area contributed by atoms with E-state index < -0.39 is 0 Å². The molecule has 0 atom stereocenters. The van der Waals surface area contributed by atoms with Crippen molar-refractivity contribution < 1.29 is 9.53 Å². The van der Waals surface area contributed by atoms with Gasteiger partial charge >= 0.3 is 0 Å². The number of rotatable bonds is 6. The predicted octanol–water partition coefficient (Wildman–Crippen LogP) is 0.987. The van der Waals surface area contributed by atoms with Crippen LogP contribution in [0.4, 0.5) is 0 Å². The molecule has 0 unspecified atom stereocenters. The molecule has 0 aliphatic rings. The molecular formula is C15H18N4O3. The molecule has 2 aromatic rings. The van der Waals surface area contributed by atoms with Gasteiger partial charge in [0.25, 0.3) is 11.5 Å². The summed E-state index contributed by atoms with van der Waals surface area (Å²) in [6.07, 6.45) is 2.38. The van der Waals surface area contributed by atoms with Crippen LogP contribution in [-0.4, -0.2) is 27.8 Å². The first-order valence-corrected chi connectivity index (χ1v) is 6.99. The third kappa shape index (κ3) is 3.91. The first-order valence-electron chi connectivity index (χ1n) is 6.99. The summed E-state index contributed by atoms with van der Waals surface area (Å²) >= 11 is 0. The summed E-state index contributed by atoms with van der Waals surface area (Å²) in [7, 11) is 1.53. The molecule has 0 aliphatic carbocycles. The van der Waals surface area contributed by atoms with E-state index in [-0.39, 0.29) is 17.2 Å². The van der Waals surface area contributed by atoms with E-state index >= 15 is 0 Å². The molecule has 2 aromatic heterocycles. The van der Waals surface area contributed by atoms with Crippen LogP contribution in [0.5, 0.6) is 5.88 Å². The smallest absolute Gasteiger partial charge is 0.271 e. The Labute approximate surface area is 128 Å². The lowest BCUT2D eigenvalue weighted by atomic mass is 10.2. The summed E-state index contributed by atoms with van der Waals surface area (Å²) in [6.45, 7) is 2.76. The highest BCUT2D eigenvalue weighted by atomic mass is 16.5. The van der Waals surface area contributed by atoms with Crippen LogP contribution in [0.1, 0.15) is 29.4 Å². The van der Waals surface area contributed by atoms with Gasteiger partial charge in [-0.05, 0) is 24.1 Å². The van der Waals surface area contributed by atoms with Gasteiger partial charge in [0.2, 0.25) is 5.88 Å². The Morgan fingerprint density at radius 3 is 2.91 bits per heavy atom. The van der Waals surface area contributed by atoms with Crippen LogP contribution < -0.4 is 15.6 Å². The number of nitrogens with zero attached hydrogens (tertiary/aromatic N) is 3. The van der Waals surface area contributed by atoms with Crippen molar-refractivity contribution in [3.63, 3.8) is 0 Å². The van der Waals surface area contributed by atoms with E-state index in [1.54, 1.807) is 18.3 Å². The van der Waals surface area contributed by atoms with Gasteiger partial charge in [-0.1, -0.05) is 6.92 Å². The Balaban J connectivity index is 2.05. The lowest BCUT2D eigenvalue weighted by Gasteiger charge is -2.07. The molecule has 0 aromatic carbocycles. The Morgan fingerprint density at radius 2 is 2.18 bits per heavy atom. The van der Waals surface area contributed by atoms with Gasteiger partial charge in [-0.25, -0.2) is 9.67 Å². The van der Waals surface area contributed by atoms with Crippen LogP contribution in [-0.2, 0) is 13.1 Å². The van der Waals surface area contributed by atoms with Crippen LogP contribution in [0.3, 0.4) is 0 Å². The summed E-state index contributed by atoms with van der Waals surface area (Å²) in [5.41, 5.74) is 0.869. The molecule has 0 saturated carbocycles. The zero-order valence-corrected chi connectivity index (χ0v) is 12.6. The number of pyridine rings is 1. The molecule has 2 rings (SSSR count). The maximum absolute atomic E-state index is 12.1. The summed E-state index contributed by atoms with van der Waals surface area (Å²) in [6, 6.07) is 6.31. The van der Waals surface area contributed by atoms with Crippen molar-refractivity contribution in [1.82, 2.24) is 20.1 Å². The summed E-state index contributed by atoms with van der Waals surface area (Å²) in [5, 5.41) is 6.82. The molecule has 22 heavy (non-hydrogen) atoms. The van der Waals surface area contributed by atoms with Gasteiger partial charge in [0.05, 0.1) is 7.11 Å². The molecule has 0 fully saturated rings. The minimum atomic E-state index is -0.333. The number of nitrogens with one attached hydrogen (secondary N) is 1. The molecule has 0 aliphatic heterocycles. The number of methoxy groups -OCH3 is 1. The second kappa shape index (κ2) is 7.35. The first kappa shape index (κ1) is 15.7. The van der Waals surface area contributed by atoms with Crippen molar-refractivity contribution in [2.24, 2.45) is 0 Å². The maximum Gasteiger partial charge on any atom is 0.271 e. The predicted molar refractivity (Wildman–Crippen MR) is 80.7 cm³/mol. The Hall–Kier alpha value is -2.70. The lowest BCUT2D eigenvalue weighted by molar-refractivity contribution is 0.0943. The number of ether oxygens (including phenoxy) is 1. The second-order valence-corrected chi connectivity index (χ2v) is 4.67. The normalized spacial score (nSPS) is 10.3. The van der Waals surface area contributed by atoms with Crippen molar-refractivity contribution >= 4 is 5.91 Å². The molecule has 116 valence electrons. The van der Waals surface area contributed by atoms with Crippen molar-refractivity contribution in [2.75, 3.05) is 7.11 Å². The fraction of sp³-hybridized carbons (Fsp3) is 0.333. The van der Waals surface area contributed by atoms with Crippen LogP contribution in [0.15, 0.2) is 35.3 Å². The van der Waals surface area contributed by atoms with Gasteiger partial charge in [-0.15, -0.1) is 0 Å². The molecule has 7 nitrogen and oxygen atoms in total. The number of aromatic nitrogens is 3. The molecule has 2 heterocycles. The highest BCUT2D eigenvalue weighted by Crippen LogP contribution is 2.08. The second-order valence-electron chi connectivity index (χ2n) is 4.67. The van der Waals surface area contributed by atoms with Crippen LogP contribution in [0, 0.1) is 0 Å². The number of carbonyl (C=O) groups is 1. The number of carbonyl (C=O) groups excluding carboxylic acids is 1. The van der Waals surface area contributed by atoms with Crippen molar-refractivity contribution in [1.29, 1.82) is 0 Å². The minimum absolute atomic E-state index is 0.211. The lowest BCUT2D eigenvalue weighted by Crippen LogP contribution is -2.29. The monoisotopic (exact) mass is 302 g/mol. The van der Waals surface area contributed by atoms with Crippen molar-refractivity contribution in [3.05, 3.63) is 52.1 Å².